The fraction of sp³-hybridized carbons (Fsp3) is 0.818. The Morgan fingerprint density at radius 3 is 3.12 bits per heavy atom. The van der Waals surface area contributed by atoms with Gasteiger partial charge in [-0.3, -0.25) is 5.10 Å². The molecule has 1 aliphatic rings. The van der Waals surface area contributed by atoms with E-state index in [0.29, 0.717) is 6.10 Å². The van der Waals surface area contributed by atoms with Gasteiger partial charge in [0.25, 0.3) is 0 Å². The first-order valence-electron chi connectivity index (χ1n) is 6.07. The monoisotopic (exact) mass is 241 g/mol. The molecule has 1 unspecified atom stereocenters. The molecule has 16 heavy (non-hydrogen) atoms. The lowest BCUT2D eigenvalue weighted by atomic mass is 10.0. The smallest absolute Gasteiger partial charge is 0.195 e. The van der Waals surface area contributed by atoms with Gasteiger partial charge >= 0.3 is 0 Å². The summed E-state index contributed by atoms with van der Waals surface area (Å²) in [6.45, 7) is 3.90. The third-order valence-corrected chi connectivity index (χ3v) is 3.43. The summed E-state index contributed by atoms with van der Waals surface area (Å²) in [7, 11) is 0. The summed E-state index contributed by atoms with van der Waals surface area (Å²) >= 11 is 5.16. The zero-order valence-electron chi connectivity index (χ0n) is 9.74. The molecular weight excluding hydrogens is 222 g/mol. The molecule has 1 aromatic rings. The summed E-state index contributed by atoms with van der Waals surface area (Å²) < 4.78 is 8.48. The molecule has 0 bridgehead atoms. The van der Waals surface area contributed by atoms with Gasteiger partial charge in [-0.15, -0.1) is 0 Å². The van der Waals surface area contributed by atoms with E-state index < -0.39 is 0 Å². The van der Waals surface area contributed by atoms with Gasteiger partial charge in [0, 0.05) is 19.6 Å². The molecular formula is C11H19N3OS. The van der Waals surface area contributed by atoms with Crippen molar-refractivity contribution in [3.05, 3.63) is 10.6 Å². The van der Waals surface area contributed by atoms with Crippen molar-refractivity contribution in [3.63, 3.8) is 0 Å². The van der Waals surface area contributed by atoms with Crippen LogP contribution in [0.5, 0.6) is 0 Å². The summed E-state index contributed by atoms with van der Waals surface area (Å²) in [6, 6.07) is 0. The highest BCUT2D eigenvalue weighted by molar-refractivity contribution is 7.71. The summed E-state index contributed by atoms with van der Waals surface area (Å²) in [5.41, 5.74) is 0. The molecule has 2 rings (SSSR count). The molecule has 0 aromatic carbocycles. The lowest BCUT2D eigenvalue weighted by Crippen LogP contribution is -2.20. The van der Waals surface area contributed by atoms with E-state index >= 15 is 0 Å². The average Bonchev–Trinajstić information content (AvgIpc) is 2.68. The molecule has 0 spiro atoms. The number of nitrogens with one attached hydrogen (secondary N) is 1. The molecule has 4 nitrogen and oxygen atoms in total. The van der Waals surface area contributed by atoms with Crippen molar-refractivity contribution in [1.29, 1.82) is 0 Å². The maximum Gasteiger partial charge on any atom is 0.195 e. The van der Waals surface area contributed by atoms with E-state index in [9.17, 15) is 0 Å². The van der Waals surface area contributed by atoms with Gasteiger partial charge in [0.15, 0.2) is 4.77 Å². The Morgan fingerprint density at radius 2 is 2.44 bits per heavy atom. The van der Waals surface area contributed by atoms with Gasteiger partial charge in [-0.25, -0.2) is 0 Å². The second-order valence-corrected chi connectivity index (χ2v) is 4.60. The Balaban J connectivity index is 1.90. The number of aromatic nitrogens is 3. The minimum absolute atomic E-state index is 0.421. The van der Waals surface area contributed by atoms with E-state index in [-0.39, 0.29) is 0 Å². The van der Waals surface area contributed by atoms with E-state index in [1.54, 1.807) is 0 Å². The Labute approximate surface area is 101 Å². The largest absolute Gasteiger partial charge is 0.378 e. The number of rotatable bonds is 4. The molecule has 0 saturated carbocycles. The van der Waals surface area contributed by atoms with E-state index in [1.165, 1.54) is 19.3 Å². The standard InChI is InChI=1S/C11H19N3OS/c1-2-14-10(12-13-11(14)16)7-6-9-5-3-4-8-15-9/h9H,2-8H2,1H3,(H,13,16). The van der Waals surface area contributed by atoms with Crippen molar-refractivity contribution < 1.29 is 4.74 Å². The van der Waals surface area contributed by atoms with Gasteiger partial charge in [0.2, 0.25) is 0 Å². The van der Waals surface area contributed by atoms with E-state index in [4.69, 9.17) is 17.0 Å². The number of aryl methyl sites for hydroxylation is 1. The Bertz CT molecular complexity index is 379. The summed E-state index contributed by atoms with van der Waals surface area (Å²) in [4.78, 5) is 0. The molecule has 5 heteroatoms. The number of H-pyrrole nitrogens is 1. The second kappa shape index (κ2) is 5.59. The molecule has 1 saturated heterocycles. The van der Waals surface area contributed by atoms with Crippen molar-refractivity contribution in [3.8, 4) is 0 Å². The highest BCUT2D eigenvalue weighted by Gasteiger charge is 2.15. The minimum Gasteiger partial charge on any atom is -0.378 e. The molecule has 0 aliphatic carbocycles. The van der Waals surface area contributed by atoms with Crippen LogP contribution in [-0.2, 0) is 17.7 Å². The van der Waals surface area contributed by atoms with Crippen molar-refractivity contribution in [1.82, 2.24) is 14.8 Å². The first kappa shape index (κ1) is 11.8. The summed E-state index contributed by atoms with van der Waals surface area (Å²) in [5, 5.41) is 7.11. The van der Waals surface area contributed by atoms with Crippen LogP contribution in [0.3, 0.4) is 0 Å². The SMILES string of the molecule is CCn1c(CCC2CCCCO2)n[nH]c1=S. The fourth-order valence-electron chi connectivity index (χ4n) is 2.19. The topological polar surface area (TPSA) is 42.8 Å². The quantitative estimate of drug-likeness (QED) is 0.823. The van der Waals surface area contributed by atoms with Crippen molar-refractivity contribution in [2.24, 2.45) is 0 Å². The number of ether oxygens (including phenoxy) is 1. The Hall–Kier alpha value is -0.680. The lowest BCUT2D eigenvalue weighted by molar-refractivity contribution is 0.0111. The zero-order valence-corrected chi connectivity index (χ0v) is 10.6. The molecule has 1 atom stereocenters. The maximum absolute atomic E-state index is 5.71. The van der Waals surface area contributed by atoms with Gasteiger partial charge in [-0.1, -0.05) is 0 Å². The van der Waals surface area contributed by atoms with Crippen molar-refractivity contribution in [2.45, 2.75) is 51.7 Å². The van der Waals surface area contributed by atoms with Crippen LogP contribution in [0.4, 0.5) is 0 Å². The van der Waals surface area contributed by atoms with Crippen LogP contribution < -0.4 is 0 Å². The molecule has 2 heterocycles. The maximum atomic E-state index is 5.71. The molecule has 1 fully saturated rings. The number of aromatic amines is 1. The van der Waals surface area contributed by atoms with Gasteiger partial charge < -0.3 is 9.30 Å². The first-order valence-corrected chi connectivity index (χ1v) is 6.47. The second-order valence-electron chi connectivity index (χ2n) is 4.22. The third-order valence-electron chi connectivity index (χ3n) is 3.12. The van der Waals surface area contributed by atoms with E-state index in [0.717, 1.165) is 36.6 Å². The fourth-order valence-corrected chi connectivity index (χ4v) is 2.47. The predicted octanol–water partition coefficient (Wildman–Crippen LogP) is 2.46. The van der Waals surface area contributed by atoms with Crippen molar-refractivity contribution >= 4 is 12.2 Å². The lowest BCUT2D eigenvalue weighted by Gasteiger charge is -2.22. The molecule has 1 aromatic heterocycles. The Kier molecular flexibility index (Phi) is 4.12. The molecule has 90 valence electrons. The van der Waals surface area contributed by atoms with Gasteiger partial charge in [-0.2, -0.15) is 5.10 Å². The van der Waals surface area contributed by atoms with Crippen LogP contribution in [0, 0.1) is 4.77 Å². The van der Waals surface area contributed by atoms with E-state index in [1.807, 2.05) is 0 Å². The number of nitrogens with zero attached hydrogens (tertiary/aromatic N) is 2. The highest BCUT2D eigenvalue weighted by atomic mass is 32.1. The molecule has 0 radical (unpaired) electrons. The third kappa shape index (κ3) is 2.71. The molecule has 1 aliphatic heterocycles. The summed E-state index contributed by atoms with van der Waals surface area (Å²) in [6.07, 6.45) is 6.13. The summed E-state index contributed by atoms with van der Waals surface area (Å²) in [5.74, 6) is 1.06. The molecule has 1 N–H and O–H groups in total. The van der Waals surface area contributed by atoms with Crippen LogP contribution >= 0.6 is 12.2 Å². The highest BCUT2D eigenvalue weighted by Crippen LogP contribution is 2.17. The van der Waals surface area contributed by atoms with Crippen LogP contribution in [0.2, 0.25) is 0 Å². The van der Waals surface area contributed by atoms with Gasteiger partial charge in [-0.05, 0) is 44.8 Å². The van der Waals surface area contributed by atoms with Gasteiger partial charge in [0.1, 0.15) is 5.82 Å². The van der Waals surface area contributed by atoms with Crippen molar-refractivity contribution in [2.75, 3.05) is 6.61 Å². The number of hydrogen-bond donors (Lipinski definition) is 1. The van der Waals surface area contributed by atoms with E-state index in [2.05, 4.69) is 21.7 Å². The zero-order chi connectivity index (χ0) is 11.4. The van der Waals surface area contributed by atoms with Crippen LogP contribution in [-0.4, -0.2) is 27.5 Å². The van der Waals surface area contributed by atoms with Crippen LogP contribution in [0.15, 0.2) is 0 Å². The number of hydrogen-bond acceptors (Lipinski definition) is 3. The van der Waals surface area contributed by atoms with Crippen LogP contribution in [0.1, 0.15) is 38.4 Å². The van der Waals surface area contributed by atoms with Crippen LogP contribution in [0.25, 0.3) is 0 Å². The Morgan fingerprint density at radius 1 is 1.56 bits per heavy atom. The normalized spacial score (nSPS) is 21.2. The predicted molar refractivity (Wildman–Crippen MR) is 65.0 cm³/mol. The first-order chi connectivity index (χ1) is 7.81. The van der Waals surface area contributed by atoms with Gasteiger partial charge in [0.05, 0.1) is 6.10 Å². The minimum atomic E-state index is 0.421. The molecule has 0 amide bonds. The average molecular weight is 241 g/mol.